The van der Waals surface area contributed by atoms with Crippen molar-refractivity contribution in [2.45, 2.75) is 6.92 Å². The number of hydrogen-bond donors (Lipinski definition) is 2. The number of hydrazone groups is 1. The first kappa shape index (κ1) is 15.7. The Morgan fingerprint density at radius 2 is 2.26 bits per heavy atom. The normalized spacial score (nSPS) is 10.3. The third kappa shape index (κ3) is 4.68. The quantitative estimate of drug-likeness (QED) is 0.487. The van der Waals surface area contributed by atoms with Gasteiger partial charge in [-0.3, -0.25) is 5.43 Å². The summed E-state index contributed by atoms with van der Waals surface area (Å²) in [7, 11) is 3.32. The second-order valence-electron chi connectivity index (χ2n) is 3.42. The van der Waals surface area contributed by atoms with E-state index in [0.29, 0.717) is 23.2 Å². The van der Waals surface area contributed by atoms with Crippen LogP contribution in [0.3, 0.4) is 0 Å². The lowest BCUT2D eigenvalue weighted by molar-refractivity contribution is 0.310. The van der Waals surface area contributed by atoms with Crippen LogP contribution in [0.2, 0.25) is 0 Å². The minimum atomic E-state index is 0.453. The largest absolute Gasteiger partial charge is 0.492 e. The number of nitrogens with zero attached hydrogens (tertiary/aromatic N) is 1. The maximum absolute atomic E-state index is 5.52. The van der Waals surface area contributed by atoms with Crippen LogP contribution in [0.25, 0.3) is 0 Å². The van der Waals surface area contributed by atoms with Crippen molar-refractivity contribution in [3.8, 4) is 11.5 Å². The van der Waals surface area contributed by atoms with Crippen molar-refractivity contribution in [3.63, 3.8) is 0 Å². The van der Waals surface area contributed by atoms with Crippen LogP contribution in [-0.4, -0.2) is 32.1 Å². The standard InChI is InChI=1S/C12H16BrN3O2S/c1-4-18-10-6-8(5-9(13)11(10)17-3)7-15-16-12(19)14-2/h5-7H,4H2,1-3H3,(H2,14,16,19)/b15-7+. The molecule has 104 valence electrons. The van der Waals surface area contributed by atoms with E-state index in [1.54, 1.807) is 20.4 Å². The van der Waals surface area contributed by atoms with Crippen molar-refractivity contribution < 1.29 is 9.47 Å². The first-order valence-corrected chi connectivity index (χ1v) is 6.83. The predicted molar refractivity (Wildman–Crippen MR) is 84.3 cm³/mol. The average molecular weight is 346 g/mol. The monoisotopic (exact) mass is 345 g/mol. The fourth-order valence-electron chi connectivity index (χ4n) is 1.34. The Morgan fingerprint density at radius 1 is 1.53 bits per heavy atom. The maximum atomic E-state index is 5.52. The molecule has 7 heteroatoms. The van der Waals surface area contributed by atoms with E-state index >= 15 is 0 Å². The van der Waals surface area contributed by atoms with Gasteiger partial charge in [-0.2, -0.15) is 5.10 Å². The van der Waals surface area contributed by atoms with Crippen LogP contribution < -0.4 is 20.2 Å². The molecule has 0 amide bonds. The van der Waals surface area contributed by atoms with Gasteiger partial charge >= 0.3 is 0 Å². The molecule has 0 radical (unpaired) electrons. The summed E-state index contributed by atoms with van der Waals surface area (Å²) < 4.78 is 11.6. The van der Waals surface area contributed by atoms with E-state index in [-0.39, 0.29) is 0 Å². The SMILES string of the molecule is CCOc1cc(/C=N/NC(=S)NC)cc(Br)c1OC. The molecule has 0 spiro atoms. The van der Waals surface area contributed by atoms with Gasteiger partial charge in [-0.1, -0.05) is 0 Å². The zero-order valence-corrected chi connectivity index (χ0v) is 13.4. The highest BCUT2D eigenvalue weighted by atomic mass is 79.9. The molecule has 1 rings (SSSR count). The number of benzene rings is 1. The van der Waals surface area contributed by atoms with Gasteiger partial charge in [-0.05, 0) is 52.8 Å². The van der Waals surface area contributed by atoms with Gasteiger partial charge in [0.2, 0.25) is 0 Å². The predicted octanol–water partition coefficient (Wildman–Crippen LogP) is 2.28. The summed E-state index contributed by atoms with van der Waals surface area (Å²) in [5.74, 6) is 1.33. The van der Waals surface area contributed by atoms with E-state index in [9.17, 15) is 0 Å². The van der Waals surface area contributed by atoms with E-state index in [1.807, 2.05) is 19.1 Å². The summed E-state index contributed by atoms with van der Waals surface area (Å²) in [6, 6.07) is 3.73. The lowest BCUT2D eigenvalue weighted by Crippen LogP contribution is -2.28. The van der Waals surface area contributed by atoms with Crippen molar-refractivity contribution in [1.82, 2.24) is 10.7 Å². The van der Waals surface area contributed by atoms with Gasteiger partial charge in [-0.25, -0.2) is 0 Å². The number of nitrogens with one attached hydrogen (secondary N) is 2. The molecule has 1 aromatic carbocycles. The number of hydrogen-bond acceptors (Lipinski definition) is 4. The molecule has 0 aliphatic carbocycles. The Hall–Kier alpha value is -1.34. The molecule has 0 heterocycles. The summed E-state index contributed by atoms with van der Waals surface area (Å²) in [4.78, 5) is 0. The number of thiocarbonyl (C=S) groups is 1. The second kappa shape index (κ2) is 7.96. The summed E-state index contributed by atoms with van der Waals surface area (Å²) in [6.07, 6.45) is 1.65. The molecule has 0 atom stereocenters. The van der Waals surface area contributed by atoms with Crippen molar-refractivity contribution in [2.24, 2.45) is 5.10 Å². The fraction of sp³-hybridized carbons (Fsp3) is 0.333. The first-order chi connectivity index (χ1) is 9.12. The van der Waals surface area contributed by atoms with Gasteiger partial charge in [0.05, 0.1) is 24.4 Å². The highest BCUT2D eigenvalue weighted by Crippen LogP contribution is 2.36. The third-order valence-corrected chi connectivity index (χ3v) is 3.03. The van der Waals surface area contributed by atoms with Crippen LogP contribution in [0.5, 0.6) is 11.5 Å². The molecule has 2 N–H and O–H groups in total. The number of rotatable bonds is 5. The van der Waals surface area contributed by atoms with Gasteiger partial charge in [0, 0.05) is 7.05 Å². The van der Waals surface area contributed by atoms with Crippen LogP contribution >= 0.6 is 28.1 Å². The third-order valence-electron chi connectivity index (χ3n) is 2.14. The molecular formula is C12H16BrN3O2S. The van der Waals surface area contributed by atoms with Gasteiger partial charge < -0.3 is 14.8 Å². The number of halogens is 1. The Morgan fingerprint density at radius 3 is 2.84 bits per heavy atom. The molecule has 5 nitrogen and oxygen atoms in total. The molecule has 0 aliphatic heterocycles. The summed E-state index contributed by atoms with van der Waals surface area (Å²) >= 11 is 8.35. The van der Waals surface area contributed by atoms with Crippen LogP contribution in [0.1, 0.15) is 12.5 Å². The van der Waals surface area contributed by atoms with E-state index in [1.165, 1.54) is 0 Å². The highest BCUT2D eigenvalue weighted by Gasteiger charge is 2.10. The zero-order chi connectivity index (χ0) is 14.3. The topological polar surface area (TPSA) is 54.9 Å². The van der Waals surface area contributed by atoms with Crippen LogP contribution in [0.4, 0.5) is 0 Å². The summed E-state index contributed by atoms with van der Waals surface area (Å²) in [6.45, 7) is 2.48. The Balaban J connectivity index is 2.93. The molecule has 0 saturated heterocycles. The Bertz CT molecular complexity index is 480. The first-order valence-electron chi connectivity index (χ1n) is 5.63. The summed E-state index contributed by atoms with van der Waals surface area (Å²) in [5, 5.41) is 7.23. The van der Waals surface area contributed by atoms with Crippen molar-refractivity contribution in [2.75, 3.05) is 20.8 Å². The van der Waals surface area contributed by atoms with Crippen molar-refractivity contribution in [3.05, 3.63) is 22.2 Å². The van der Waals surface area contributed by atoms with Gasteiger partial charge in [0.1, 0.15) is 0 Å². The van der Waals surface area contributed by atoms with E-state index in [0.717, 1.165) is 10.0 Å². The second-order valence-corrected chi connectivity index (χ2v) is 4.68. The lowest BCUT2D eigenvalue weighted by atomic mass is 10.2. The number of methoxy groups -OCH3 is 1. The van der Waals surface area contributed by atoms with Crippen molar-refractivity contribution >= 4 is 39.5 Å². The van der Waals surface area contributed by atoms with Gasteiger partial charge in [0.25, 0.3) is 0 Å². The smallest absolute Gasteiger partial charge is 0.186 e. The van der Waals surface area contributed by atoms with E-state index < -0.39 is 0 Å². The molecule has 0 aliphatic rings. The molecule has 0 fully saturated rings. The molecule has 0 unspecified atom stereocenters. The summed E-state index contributed by atoms with van der Waals surface area (Å²) in [5.41, 5.74) is 3.55. The maximum Gasteiger partial charge on any atom is 0.186 e. The van der Waals surface area contributed by atoms with Gasteiger partial charge in [-0.15, -0.1) is 0 Å². The molecule has 0 aromatic heterocycles. The van der Waals surface area contributed by atoms with Crippen LogP contribution in [-0.2, 0) is 0 Å². The lowest BCUT2D eigenvalue weighted by Gasteiger charge is -2.11. The number of ether oxygens (including phenoxy) is 2. The fourth-order valence-corrected chi connectivity index (χ4v) is 2.02. The molecule has 1 aromatic rings. The Kier molecular flexibility index (Phi) is 6.58. The van der Waals surface area contributed by atoms with E-state index in [2.05, 4.69) is 31.8 Å². The minimum Gasteiger partial charge on any atom is -0.492 e. The molecular weight excluding hydrogens is 330 g/mol. The molecule has 0 saturated carbocycles. The zero-order valence-electron chi connectivity index (χ0n) is 11.0. The van der Waals surface area contributed by atoms with Gasteiger partial charge in [0.15, 0.2) is 16.6 Å². The average Bonchev–Trinajstić information content (AvgIpc) is 2.38. The Labute approximate surface area is 126 Å². The van der Waals surface area contributed by atoms with E-state index in [4.69, 9.17) is 21.7 Å². The highest BCUT2D eigenvalue weighted by molar-refractivity contribution is 9.10. The minimum absolute atomic E-state index is 0.453. The molecule has 0 bridgehead atoms. The van der Waals surface area contributed by atoms with Crippen LogP contribution in [0.15, 0.2) is 21.7 Å². The molecule has 19 heavy (non-hydrogen) atoms. The van der Waals surface area contributed by atoms with Crippen molar-refractivity contribution in [1.29, 1.82) is 0 Å². The van der Waals surface area contributed by atoms with Crippen LogP contribution in [0, 0.1) is 0 Å².